The third kappa shape index (κ3) is 3.52. The van der Waals surface area contributed by atoms with E-state index in [0.717, 1.165) is 43.6 Å². The monoisotopic (exact) mass is 533 g/mol. The van der Waals surface area contributed by atoms with Crippen molar-refractivity contribution in [3.05, 3.63) is 54.1 Å². The quantitative estimate of drug-likeness (QED) is 0.0818. The summed E-state index contributed by atoms with van der Waals surface area (Å²) in [5.41, 5.74) is 8.77. The number of nitrogens with two attached hydrogens (primary N) is 1. The molecular weight excluding hydrogens is 515 g/mol. The van der Waals surface area contributed by atoms with Crippen molar-refractivity contribution in [1.82, 2.24) is 13.5 Å². The molecule has 0 unspecified atom stereocenters. The maximum Gasteiger partial charge on any atom is 0.197 e. The lowest BCUT2D eigenvalue weighted by Crippen LogP contribution is -2.23. The number of fused-ring (bicyclic) bond motifs is 6. The molecule has 5 aromatic rings. The van der Waals surface area contributed by atoms with Crippen molar-refractivity contribution in [2.45, 2.75) is 6.42 Å². The molecule has 0 radical (unpaired) electrons. The van der Waals surface area contributed by atoms with Gasteiger partial charge in [0.2, 0.25) is 0 Å². The molecule has 2 aromatic heterocycles. The van der Waals surface area contributed by atoms with Crippen molar-refractivity contribution in [2.75, 3.05) is 13.2 Å². The van der Waals surface area contributed by atoms with E-state index in [1.165, 1.54) is 24.3 Å². The molecule has 0 aliphatic rings. The summed E-state index contributed by atoms with van der Waals surface area (Å²) in [7, 11) is 0. The number of hydrogen-bond donors (Lipinski definition) is 4. The SMILES string of the molecule is NC(=NCCCOc1c2[nH]c3ccc(F)cc3c2cc2c1[nH]c1ccc(F)cc12)NI. The molecule has 3 aromatic carbocycles. The van der Waals surface area contributed by atoms with Crippen molar-refractivity contribution >= 4 is 72.4 Å². The fourth-order valence-electron chi connectivity index (χ4n) is 3.91. The minimum absolute atomic E-state index is 0.319. The minimum atomic E-state index is -0.319. The van der Waals surface area contributed by atoms with Crippen LogP contribution in [0.4, 0.5) is 8.78 Å². The first-order valence-electron chi connectivity index (χ1n) is 9.69. The normalized spacial score (nSPS) is 12.4. The largest absolute Gasteiger partial charge is 0.489 e. The van der Waals surface area contributed by atoms with Gasteiger partial charge in [-0.2, -0.15) is 0 Å². The van der Waals surface area contributed by atoms with Crippen LogP contribution in [0.5, 0.6) is 5.75 Å². The van der Waals surface area contributed by atoms with E-state index >= 15 is 0 Å². The van der Waals surface area contributed by atoms with Crippen molar-refractivity contribution in [3.63, 3.8) is 0 Å². The average Bonchev–Trinajstić information content (AvgIpc) is 3.30. The molecule has 0 bridgehead atoms. The number of aromatic amines is 2. The number of aromatic nitrogens is 2. The van der Waals surface area contributed by atoms with Crippen LogP contribution in [0, 0.1) is 11.6 Å². The van der Waals surface area contributed by atoms with Gasteiger partial charge in [0.05, 0.1) is 40.5 Å². The number of nitrogens with zero attached hydrogens (tertiary/aromatic N) is 1. The number of rotatable bonds is 5. The van der Waals surface area contributed by atoms with Gasteiger partial charge in [-0.3, -0.25) is 8.52 Å². The van der Waals surface area contributed by atoms with E-state index in [-0.39, 0.29) is 11.6 Å². The summed E-state index contributed by atoms with van der Waals surface area (Å²) in [6.45, 7) is 0.913. The second-order valence-electron chi connectivity index (χ2n) is 7.24. The molecule has 2 heterocycles. The second kappa shape index (κ2) is 7.88. The van der Waals surface area contributed by atoms with Crippen LogP contribution in [0.15, 0.2) is 47.5 Å². The van der Waals surface area contributed by atoms with Crippen molar-refractivity contribution in [1.29, 1.82) is 0 Å². The van der Waals surface area contributed by atoms with Crippen molar-refractivity contribution < 1.29 is 13.5 Å². The number of H-pyrrole nitrogens is 2. The fraction of sp³-hybridized carbons (Fsp3) is 0.136. The Hall–Kier alpha value is -3.08. The Balaban J connectivity index is 1.67. The summed E-state index contributed by atoms with van der Waals surface area (Å²) in [5, 5.41) is 3.13. The van der Waals surface area contributed by atoms with E-state index in [2.05, 4.69) is 18.5 Å². The molecular formula is C22H18F2IN5O. The smallest absolute Gasteiger partial charge is 0.197 e. The number of hydrogen-bond acceptors (Lipinski definition) is 2. The summed E-state index contributed by atoms with van der Waals surface area (Å²) < 4.78 is 36.8. The Bertz CT molecular complexity index is 1380. The molecule has 0 saturated carbocycles. The Morgan fingerprint density at radius 2 is 1.52 bits per heavy atom. The molecule has 0 atom stereocenters. The van der Waals surface area contributed by atoms with Crippen LogP contribution >= 0.6 is 22.9 Å². The van der Waals surface area contributed by atoms with Crippen LogP contribution in [0.25, 0.3) is 43.6 Å². The van der Waals surface area contributed by atoms with Gasteiger partial charge in [0.15, 0.2) is 11.7 Å². The summed E-state index contributed by atoms with van der Waals surface area (Å²) in [6.07, 6.45) is 0.653. The van der Waals surface area contributed by atoms with Gasteiger partial charge in [0.1, 0.15) is 11.6 Å². The topological polar surface area (TPSA) is 91.2 Å². The Morgan fingerprint density at radius 1 is 0.935 bits per heavy atom. The zero-order valence-electron chi connectivity index (χ0n) is 16.2. The average molecular weight is 533 g/mol. The van der Waals surface area contributed by atoms with E-state index in [9.17, 15) is 8.78 Å². The summed E-state index contributed by atoms with van der Waals surface area (Å²) in [5.74, 6) is 0.339. The molecule has 9 heteroatoms. The molecule has 0 spiro atoms. The highest BCUT2D eigenvalue weighted by atomic mass is 127. The summed E-state index contributed by atoms with van der Waals surface area (Å²) in [4.78, 5) is 10.9. The maximum atomic E-state index is 14.0. The predicted octanol–water partition coefficient (Wildman–Crippen LogP) is 5.26. The molecule has 0 aliphatic heterocycles. The van der Waals surface area contributed by atoms with E-state index in [0.29, 0.717) is 31.3 Å². The number of nitrogens with one attached hydrogen (secondary N) is 3. The molecule has 0 aliphatic carbocycles. The van der Waals surface area contributed by atoms with Crippen LogP contribution in [0.3, 0.4) is 0 Å². The van der Waals surface area contributed by atoms with Crippen LogP contribution in [0.2, 0.25) is 0 Å². The molecule has 6 nitrogen and oxygen atoms in total. The molecule has 31 heavy (non-hydrogen) atoms. The van der Waals surface area contributed by atoms with Gasteiger partial charge in [0, 0.05) is 45.5 Å². The highest BCUT2D eigenvalue weighted by Gasteiger charge is 2.18. The predicted molar refractivity (Wildman–Crippen MR) is 129 cm³/mol. The number of ether oxygens (including phenoxy) is 1. The highest BCUT2D eigenvalue weighted by Crippen LogP contribution is 2.41. The van der Waals surface area contributed by atoms with Gasteiger partial charge in [-0.05, 0) is 42.5 Å². The van der Waals surface area contributed by atoms with Gasteiger partial charge < -0.3 is 20.4 Å². The summed E-state index contributed by atoms with van der Waals surface area (Å²) >= 11 is 1.92. The van der Waals surface area contributed by atoms with E-state index in [1.54, 1.807) is 12.1 Å². The standard InChI is InChI=1S/C22H18F2IN5O/c23-11-2-4-17-13(8-11)15-10-16-14-9-12(24)3-5-18(14)29-20(16)21(19(15)28-17)31-7-1-6-27-22(26)30-25/h2-5,8-10,28-29H,1,6-7H2,(H3,26,27,30). The van der Waals surface area contributed by atoms with Crippen LogP contribution < -0.4 is 14.0 Å². The Morgan fingerprint density at radius 3 is 2.06 bits per heavy atom. The molecule has 0 fully saturated rings. The lowest BCUT2D eigenvalue weighted by atomic mass is 10.1. The van der Waals surface area contributed by atoms with Crippen LogP contribution in [0.1, 0.15) is 6.42 Å². The zero-order valence-corrected chi connectivity index (χ0v) is 18.4. The fourth-order valence-corrected chi connectivity index (χ4v) is 4.08. The third-order valence-corrected chi connectivity index (χ3v) is 5.82. The highest BCUT2D eigenvalue weighted by molar-refractivity contribution is 14.1. The number of guanidine groups is 1. The first-order chi connectivity index (χ1) is 15.0. The molecule has 0 amide bonds. The van der Waals surface area contributed by atoms with Gasteiger partial charge in [-0.25, -0.2) is 8.78 Å². The van der Waals surface area contributed by atoms with Gasteiger partial charge in [-0.15, -0.1) is 0 Å². The molecule has 158 valence electrons. The number of halogens is 3. The number of aliphatic imine (C=N–C) groups is 1. The first-order valence-corrected chi connectivity index (χ1v) is 10.8. The van der Waals surface area contributed by atoms with E-state index in [1.807, 2.05) is 28.9 Å². The third-order valence-electron chi connectivity index (χ3n) is 5.27. The Labute approximate surface area is 189 Å². The molecule has 5 rings (SSSR count). The lowest BCUT2D eigenvalue weighted by molar-refractivity contribution is 0.320. The zero-order chi connectivity index (χ0) is 21.5. The van der Waals surface area contributed by atoms with Crippen LogP contribution in [-0.2, 0) is 0 Å². The lowest BCUT2D eigenvalue weighted by Gasteiger charge is -2.09. The minimum Gasteiger partial charge on any atom is -0.489 e. The van der Waals surface area contributed by atoms with E-state index < -0.39 is 0 Å². The molecule has 5 N–H and O–H groups in total. The van der Waals surface area contributed by atoms with Gasteiger partial charge >= 0.3 is 0 Å². The first kappa shape index (κ1) is 19.9. The van der Waals surface area contributed by atoms with Crippen molar-refractivity contribution in [2.24, 2.45) is 10.7 Å². The van der Waals surface area contributed by atoms with E-state index in [4.69, 9.17) is 10.5 Å². The second-order valence-corrected chi connectivity index (χ2v) is 7.78. The molecule has 0 saturated heterocycles. The Kier molecular flexibility index (Phi) is 5.05. The van der Waals surface area contributed by atoms with Gasteiger partial charge in [-0.1, -0.05) is 0 Å². The van der Waals surface area contributed by atoms with Gasteiger partial charge in [0.25, 0.3) is 0 Å². The summed E-state index contributed by atoms with van der Waals surface area (Å²) in [6, 6.07) is 11.2. The van der Waals surface area contributed by atoms with Crippen LogP contribution in [-0.4, -0.2) is 29.1 Å². The number of benzene rings is 3. The van der Waals surface area contributed by atoms with Crippen molar-refractivity contribution in [3.8, 4) is 5.75 Å². The maximum absolute atomic E-state index is 14.0.